The fraction of sp³-hybridized carbons (Fsp3) is 0.188. The Bertz CT molecular complexity index is 646. The molecule has 0 aliphatic carbocycles. The molecule has 0 unspecified atom stereocenters. The second-order valence-corrected chi connectivity index (χ2v) is 4.60. The predicted octanol–water partition coefficient (Wildman–Crippen LogP) is 2.79. The summed E-state index contributed by atoms with van der Waals surface area (Å²) in [7, 11) is 3.56. The summed E-state index contributed by atoms with van der Waals surface area (Å²) in [5.41, 5.74) is 9.16. The van der Waals surface area contributed by atoms with Gasteiger partial charge in [0, 0.05) is 25.0 Å². The Morgan fingerprint density at radius 1 is 1.25 bits per heavy atom. The maximum Gasteiger partial charge on any atom is 0.136 e. The molecule has 0 aromatic heterocycles. The minimum absolute atomic E-state index is 0.547. The van der Waals surface area contributed by atoms with Crippen LogP contribution in [0.1, 0.15) is 11.1 Å². The van der Waals surface area contributed by atoms with Gasteiger partial charge in [-0.2, -0.15) is 5.26 Å². The van der Waals surface area contributed by atoms with Crippen molar-refractivity contribution in [1.82, 2.24) is 0 Å². The minimum Gasteiger partial charge on any atom is -0.495 e. The lowest BCUT2D eigenvalue weighted by atomic mass is 10.1. The summed E-state index contributed by atoms with van der Waals surface area (Å²) in [6.07, 6.45) is 0. The summed E-state index contributed by atoms with van der Waals surface area (Å²) in [5.74, 6) is 0.600. The zero-order valence-electron chi connectivity index (χ0n) is 11.6. The molecule has 20 heavy (non-hydrogen) atoms. The molecule has 4 heteroatoms. The van der Waals surface area contributed by atoms with E-state index in [1.54, 1.807) is 7.11 Å². The Labute approximate surface area is 119 Å². The molecule has 2 aromatic carbocycles. The van der Waals surface area contributed by atoms with Crippen molar-refractivity contribution in [2.24, 2.45) is 0 Å². The number of anilines is 2. The average molecular weight is 267 g/mol. The van der Waals surface area contributed by atoms with Crippen LogP contribution in [0.5, 0.6) is 5.75 Å². The van der Waals surface area contributed by atoms with Crippen LogP contribution in [0, 0.1) is 11.3 Å². The van der Waals surface area contributed by atoms with E-state index < -0.39 is 0 Å². The van der Waals surface area contributed by atoms with Crippen molar-refractivity contribution < 1.29 is 4.74 Å². The molecule has 0 atom stereocenters. The molecule has 4 nitrogen and oxygen atoms in total. The lowest BCUT2D eigenvalue weighted by Crippen LogP contribution is -2.16. The first kappa shape index (κ1) is 13.8. The lowest BCUT2D eigenvalue weighted by Gasteiger charge is -2.20. The SMILES string of the molecule is COc1ccc(CN(C)c2cccc(N)c2)cc1C#N. The Balaban J connectivity index is 2.20. The van der Waals surface area contributed by atoms with E-state index in [1.807, 2.05) is 49.5 Å². The second-order valence-electron chi connectivity index (χ2n) is 4.60. The van der Waals surface area contributed by atoms with Crippen molar-refractivity contribution in [2.75, 3.05) is 24.8 Å². The Kier molecular flexibility index (Phi) is 4.11. The number of nitrogen functional groups attached to an aromatic ring is 1. The van der Waals surface area contributed by atoms with Crippen LogP contribution >= 0.6 is 0 Å². The monoisotopic (exact) mass is 267 g/mol. The third kappa shape index (κ3) is 3.01. The standard InChI is InChI=1S/C16H17N3O/c1-19(15-5-3-4-14(18)9-15)11-12-6-7-16(20-2)13(8-12)10-17/h3-9H,11,18H2,1-2H3. The molecule has 2 aromatic rings. The van der Waals surface area contributed by atoms with E-state index >= 15 is 0 Å². The second kappa shape index (κ2) is 5.98. The van der Waals surface area contributed by atoms with E-state index in [4.69, 9.17) is 15.7 Å². The van der Waals surface area contributed by atoms with Crippen LogP contribution in [0.25, 0.3) is 0 Å². The molecule has 0 aliphatic heterocycles. The van der Waals surface area contributed by atoms with Gasteiger partial charge in [0.25, 0.3) is 0 Å². The van der Waals surface area contributed by atoms with Gasteiger partial charge in [-0.05, 0) is 35.9 Å². The molecule has 0 spiro atoms. The molecule has 0 fully saturated rings. The van der Waals surface area contributed by atoms with Gasteiger partial charge in [0.1, 0.15) is 11.8 Å². The van der Waals surface area contributed by atoms with Crippen molar-refractivity contribution in [2.45, 2.75) is 6.54 Å². The molecule has 0 radical (unpaired) electrons. The minimum atomic E-state index is 0.547. The van der Waals surface area contributed by atoms with E-state index in [2.05, 4.69) is 11.0 Å². The summed E-state index contributed by atoms with van der Waals surface area (Å²) in [4.78, 5) is 2.08. The van der Waals surface area contributed by atoms with Crippen LogP contribution < -0.4 is 15.4 Å². The van der Waals surface area contributed by atoms with Gasteiger partial charge >= 0.3 is 0 Å². The molecular weight excluding hydrogens is 250 g/mol. The highest BCUT2D eigenvalue weighted by molar-refractivity contribution is 5.56. The van der Waals surface area contributed by atoms with Crippen molar-refractivity contribution in [3.8, 4) is 11.8 Å². The van der Waals surface area contributed by atoms with E-state index in [1.165, 1.54) is 0 Å². The zero-order valence-corrected chi connectivity index (χ0v) is 11.6. The smallest absolute Gasteiger partial charge is 0.136 e. The first-order valence-corrected chi connectivity index (χ1v) is 6.27. The first-order valence-electron chi connectivity index (χ1n) is 6.27. The van der Waals surface area contributed by atoms with Gasteiger partial charge in [-0.25, -0.2) is 0 Å². The number of nitrogens with two attached hydrogens (primary N) is 1. The molecule has 2 rings (SSSR count). The number of nitriles is 1. The van der Waals surface area contributed by atoms with Gasteiger partial charge in [0.05, 0.1) is 12.7 Å². The summed E-state index contributed by atoms with van der Waals surface area (Å²) < 4.78 is 5.14. The number of benzene rings is 2. The van der Waals surface area contributed by atoms with Gasteiger partial charge in [0.15, 0.2) is 0 Å². The topological polar surface area (TPSA) is 62.3 Å². The van der Waals surface area contributed by atoms with Crippen molar-refractivity contribution in [3.63, 3.8) is 0 Å². The molecule has 0 bridgehead atoms. The molecule has 0 heterocycles. The summed E-state index contributed by atoms with van der Waals surface area (Å²) in [5, 5.41) is 9.10. The molecule has 0 aliphatic rings. The highest BCUT2D eigenvalue weighted by Gasteiger charge is 2.07. The van der Waals surface area contributed by atoms with E-state index in [0.29, 0.717) is 17.9 Å². The fourth-order valence-electron chi connectivity index (χ4n) is 2.07. The van der Waals surface area contributed by atoms with E-state index in [0.717, 1.165) is 16.9 Å². The lowest BCUT2D eigenvalue weighted by molar-refractivity contribution is 0.413. The van der Waals surface area contributed by atoms with Gasteiger partial charge < -0.3 is 15.4 Å². The first-order chi connectivity index (χ1) is 9.63. The average Bonchev–Trinajstić information content (AvgIpc) is 2.47. The maximum absolute atomic E-state index is 9.10. The molecule has 2 N–H and O–H groups in total. The van der Waals surface area contributed by atoms with E-state index in [-0.39, 0.29) is 0 Å². The number of rotatable bonds is 4. The van der Waals surface area contributed by atoms with Crippen LogP contribution in [-0.4, -0.2) is 14.2 Å². The third-order valence-electron chi connectivity index (χ3n) is 3.12. The maximum atomic E-state index is 9.10. The van der Waals surface area contributed by atoms with Gasteiger partial charge in [-0.3, -0.25) is 0 Å². The number of methoxy groups -OCH3 is 1. The largest absolute Gasteiger partial charge is 0.495 e. The van der Waals surface area contributed by atoms with Gasteiger partial charge in [-0.1, -0.05) is 12.1 Å². The van der Waals surface area contributed by atoms with Gasteiger partial charge in [0.2, 0.25) is 0 Å². The quantitative estimate of drug-likeness (QED) is 0.865. The number of nitrogens with zero attached hydrogens (tertiary/aromatic N) is 2. The highest BCUT2D eigenvalue weighted by Crippen LogP contribution is 2.22. The normalized spacial score (nSPS) is 9.85. The van der Waals surface area contributed by atoms with Crippen molar-refractivity contribution >= 4 is 11.4 Å². The van der Waals surface area contributed by atoms with Crippen LogP contribution in [0.2, 0.25) is 0 Å². The van der Waals surface area contributed by atoms with Crippen LogP contribution in [0.4, 0.5) is 11.4 Å². The van der Waals surface area contributed by atoms with E-state index in [9.17, 15) is 0 Å². The van der Waals surface area contributed by atoms with Crippen LogP contribution in [0.3, 0.4) is 0 Å². The fourth-order valence-corrected chi connectivity index (χ4v) is 2.07. The summed E-state index contributed by atoms with van der Waals surface area (Å²) >= 11 is 0. The predicted molar refractivity (Wildman–Crippen MR) is 80.7 cm³/mol. The van der Waals surface area contributed by atoms with Crippen molar-refractivity contribution in [1.29, 1.82) is 5.26 Å². The summed E-state index contributed by atoms with van der Waals surface area (Å²) in [6, 6.07) is 15.5. The number of hydrogen-bond donors (Lipinski definition) is 1. The van der Waals surface area contributed by atoms with Crippen LogP contribution in [-0.2, 0) is 6.54 Å². The molecule has 0 amide bonds. The third-order valence-corrected chi connectivity index (χ3v) is 3.12. The highest BCUT2D eigenvalue weighted by atomic mass is 16.5. The summed E-state index contributed by atoms with van der Waals surface area (Å²) in [6.45, 7) is 0.697. The number of ether oxygens (including phenoxy) is 1. The Hall–Kier alpha value is -2.67. The molecule has 102 valence electrons. The molecular formula is C16H17N3O. The Morgan fingerprint density at radius 2 is 2.05 bits per heavy atom. The Morgan fingerprint density at radius 3 is 2.70 bits per heavy atom. The molecule has 0 saturated heterocycles. The molecule has 0 saturated carbocycles. The zero-order chi connectivity index (χ0) is 14.5. The van der Waals surface area contributed by atoms with Gasteiger partial charge in [-0.15, -0.1) is 0 Å². The van der Waals surface area contributed by atoms with Crippen molar-refractivity contribution in [3.05, 3.63) is 53.6 Å². The number of hydrogen-bond acceptors (Lipinski definition) is 4. The van der Waals surface area contributed by atoms with Crippen LogP contribution in [0.15, 0.2) is 42.5 Å².